The smallest absolute Gasteiger partial charge is 0.308 e. The molecule has 5 rings (SSSR count). The summed E-state index contributed by atoms with van der Waals surface area (Å²) in [7, 11) is 0. The van der Waals surface area contributed by atoms with Crippen molar-refractivity contribution in [1.82, 2.24) is 0 Å². The molecule has 25 heteroatoms. The van der Waals surface area contributed by atoms with E-state index in [0.29, 0.717) is 19.3 Å². The van der Waals surface area contributed by atoms with Crippen LogP contribution in [0.3, 0.4) is 0 Å². The lowest BCUT2D eigenvalue weighted by Crippen LogP contribution is -2.64. The van der Waals surface area contributed by atoms with Gasteiger partial charge in [-0.2, -0.15) is 0 Å². The summed E-state index contributed by atoms with van der Waals surface area (Å²) < 4.78 is 57.7. The van der Waals surface area contributed by atoms with Gasteiger partial charge >= 0.3 is 11.9 Å². The van der Waals surface area contributed by atoms with E-state index in [4.69, 9.17) is 47.4 Å². The molecule has 0 spiro atoms. The number of ether oxygens (including phenoxy) is 10. The maximum atomic E-state index is 13.7. The molecule has 0 aromatic carbocycles. The van der Waals surface area contributed by atoms with Crippen LogP contribution in [-0.2, 0) is 57.0 Å². The highest BCUT2D eigenvalue weighted by molar-refractivity contribution is 5.71. The van der Waals surface area contributed by atoms with Crippen molar-refractivity contribution in [2.45, 2.75) is 241 Å². The molecule has 13 N–H and O–H groups in total. The van der Waals surface area contributed by atoms with Crippen molar-refractivity contribution in [3.63, 3.8) is 0 Å². The van der Waals surface area contributed by atoms with Gasteiger partial charge in [0.05, 0.1) is 69.8 Å². The van der Waals surface area contributed by atoms with Crippen LogP contribution < -0.4 is 0 Å². The normalized spacial score (nSPS) is 42.4. The lowest BCUT2D eigenvalue weighted by atomic mass is 9.71. The molecule has 4 saturated heterocycles. The molecule has 0 aromatic rings. The van der Waals surface area contributed by atoms with Crippen LogP contribution in [0, 0.1) is 29.6 Å². The van der Waals surface area contributed by atoms with Gasteiger partial charge in [0.25, 0.3) is 0 Å². The van der Waals surface area contributed by atoms with Crippen LogP contribution in [0.5, 0.6) is 0 Å². The largest absolute Gasteiger partial charge is 0.462 e. The minimum Gasteiger partial charge on any atom is -0.462 e. The Balaban J connectivity index is 1.18. The second-order valence-electron chi connectivity index (χ2n) is 21.6. The second kappa shape index (κ2) is 27.8. The number of aliphatic hydroxyl groups is 13. The van der Waals surface area contributed by atoms with Crippen molar-refractivity contribution in [3.8, 4) is 0 Å². The fourth-order valence-corrected chi connectivity index (χ4v) is 10.2. The van der Waals surface area contributed by atoms with Crippen LogP contribution in [0.25, 0.3) is 0 Å². The number of rotatable bonds is 25. The Labute approximate surface area is 431 Å². The van der Waals surface area contributed by atoms with Gasteiger partial charge in [-0.1, -0.05) is 61.3 Å². The third-order valence-electron chi connectivity index (χ3n) is 15.6. The first kappa shape index (κ1) is 62.9. The van der Waals surface area contributed by atoms with Crippen molar-refractivity contribution in [2.75, 3.05) is 26.4 Å². The van der Waals surface area contributed by atoms with Crippen LogP contribution in [0.2, 0.25) is 0 Å². The molecule has 27 atom stereocenters. The molecule has 1 aliphatic carbocycles. The topological polar surface area (TPSA) is 389 Å². The average Bonchev–Trinajstić information content (AvgIpc) is 3.79. The number of hydrogen-bond acceptors (Lipinski definition) is 25. The van der Waals surface area contributed by atoms with E-state index >= 15 is 0 Å². The molecule has 0 aromatic heterocycles. The lowest BCUT2D eigenvalue weighted by Gasteiger charge is -2.49. The monoisotopic (exact) mass is 1070 g/mol. The van der Waals surface area contributed by atoms with Gasteiger partial charge in [-0.15, -0.1) is 0 Å². The average molecular weight is 1080 g/mol. The molecule has 0 amide bonds. The van der Waals surface area contributed by atoms with Crippen molar-refractivity contribution in [3.05, 3.63) is 0 Å². The summed E-state index contributed by atoms with van der Waals surface area (Å²) in [5.41, 5.74) is -2.05. The Morgan fingerprint density at radius 1 is 0.649 bits per heavy atom. The first-order valence-electron chi connectivity index (χ1n) is 26.1. The van der Waals surface area contributed by atoms with E-state index in [1.807, 2.05) is 34.6 Å². The molecule has 74 heavy (non-hydrogen) atoms. The van der Waals surface area contributed by atoms with Gasteiger partial charge in [-0.25, -0.2) is 0 Å². The summed E-state index contributed by atoms with van der Waals surface area (Å²) in [6, 6.07) is 0. The van der Waals surface area contributed by atoms with E-state index in [-0.39, 0.29) is 30.6 Å². The zero-order chi connectivity index (χ0) is 55.1. The minimum absolute atomic E-state index is 0.0652. The Morgan fingerprint density at radius 2 is 1.23 bits per heavy atom. The van der Waals surface area contributed by atoms with Crippen molar-refractivity contribution in [2.24, 2.45) is 29.6 Å². The first-order chi connectivity index (χ1) is 34.8. The molecule has 1 saturated carbocycles. The van der Waals surface area contributed by atoms with Crippen LogP contribution >= 0.6 is 0 Å². The summed E-state index contributed by atoms with van der Waals surface area (Å²) in [4.78, 5) is 27.0. The molecule has 0 bridgehead atoms. The summed E-state index contributed by atoms with van der Waals surface area (Å²) in [5, 5.41) is 139. The number of esters is 2. The van der Waals surface area contributed by atoms with E-state index in [1.54, 1.807) is 13.8 Å². The molecule has 0 radical (unpaired) electrons. The van der Waals surface area contributed by atoms with Crippen molar-refractivity contribution in [1.29, 1.82) is 0 Å². The molecule has 432 valence electrons. The van der Waals surface area contributed by atoms with E-state index in [2.05, 4.69) is 0 Å². The van der Waals surface area contributed by atoms with E-state index in [1.165, 1.54) is 6.92 Å². The van der Waals surface area contributed by atoms with Crippen LogP contribution in [0.4, 0.5) is 0 Å². The molecule has 25 nitrogen and oxygen atoms in total. The summed E-state index contributed by atoms with van der Waals surface area (Å²) in [5.74, 6) is -3.13. The zero-order valence-corrected chi connectivity index (χ0v) is 43.6. The number of aliphatic hydroxyl groups excluding tert-OH is 12. The van der Waals surface area contributed by atoms with E-state index in [9.17, 15) is 76.0 Å². The Kier molecular flexibility index (Phi) is 23.6. The second-order valence-corrected chi connectivity index (χ2v) is 21.6. The standard InChI is InChI=1S/C49H86O25/c1-9-21(5)29(68-32(55)14-26(53)13-30(22(6)10-2)69-47-37(60)35(58)31(16-50)70-47)12-25(52)15-33(56)71-43-34(57)23(7)11-27(20(3)4)41(43)73-46-38(61)36(59)40(24(8)67-46)72-45-39(62)42(28(54)17-65-45)74-48-44(63)49(64,18-51)19-66-48/h20-31,34-48,50-54,57-64H,9-19H2,1-8H3/t21-,22-,23?,24?,25-,26-,27?,28?,29-,30-,31?,34?,35?,36?,37?,38?,39?,40?,41?,42?,43?,44?,45?,46?,47?,48?,49?/m0/s1. The Hall–Kier alpha value is -1.90. The van der Waals surface area contributed by atoms with Crippen LogP contribution in [0.1, 0.15) is 100 Å². The van der Waals surface area contributed by atoms with Gasteiger partial charge < -0.3 is 114 Å². The Morgan fingerprint density at radius 3 is 1.81 bits per heavy atom. The lowest BCUT2D eigenvalue weighted by molar-refractivity contribution is -0.362. The number of carbonyl (C=O) groups excluding carboxylic acids is 2. The quantitative estimate of drug-likeness (QED) is 0.0401. The number of hydrogen-bond donors (Lipinski definition) is 13. The molecular weight excluding hydrogens is 989 g/mol. The maximum Gasteiger partial charge on any atom is 0.308 e. The highest BCUT2D eigenvalue weighted by atomic mass is 16.8. The summed E-state index contributed by atoms with van der Waals surface area (Å²) >= 11 is 0. The molecule has 4 aliphatic heterocycles. The van der Waals surface area contributed by atoms with Gasteiger partial charge in [-0.3, -0.25) is 9.59 Å². The van der Waals surface area contributed by atoms with Crippen molar-refractivity contribution < 1.29 is 123 Å². The third kappa shape index (κ3) is 15.3. The Bertz CT molecular complexity index is 1720. The van der Waals surface area contributed by atoms with Gasteiger partial charge in [-0.05, 0) is 42.9 Å². The highest BCUT2D eigenvalue weighted by Crippen LogP contribution is 2.41. The fourth-order valence-electron chi connectivity index (χ4n) is 10.2. The van der Waals surface area contributed by atoms with Gasteiger partial charge in [0, 0.05) is 12.8 Å². The predicted octanol–water partition coefficient (Wildman–Crippen LogP) is -3.18. The van der Waals surface area contributed by atoms with Crippen LogP contribution in [0.15, 0.2) is 0 Å². The molecular formula is C49H86O25. The molecule has 4 heterocycles. The molecule has 5 aliphatic rings. The summed E-state index contributed by atoms with van der Waals surface area (Å²) in [6.07, 6.45) is -30.3. The third-order valence-corrected chi connectivity index (χ3v) is 15.6. The first-order valence-corrected chi connectivity index (χ1v) is 26.1. The van der Waals surface area contributed by atoms with E-state index < -0.39 is 204 Å². The maximum absolute atomic E-state index is 13.7. The summed E-state index contributed by atoms with van der Waals surface area (Å²) in [6.45, 7) is 12.1. The molecule has 21 unspecified atom stereocenters. The van der Waals surface area contributed by atoms with Crippen LogP contribution in [-0.4, -0.2) is 245 Å². The van der Waals surface area contributed by atoms with Gasteiger partial charge in [0.15, 0.2) is 31.3 Å². The minimum atomic E-state index is -2.05. The van der Waals surface area contributed by atoms with Gasteiger partial charge in [0.2, 0.25) is 0 Å². The van der Waals surface area contributed by atoms with Crippen molar-refractivity contribution >= 4 is 11.9 Å². The zero-order valence-electron chi connectivity index (χ0n) is 43.6. The molecule has 5 fully saturated rings. The predicted molar refractivity (Wildman–Crippen MR) is 250 cm³/mol. The SMILES string of the molecule is CC[C@H](C)[C@H](C[C@H](O)CC(=O)OC1C(O)C(C)CC(C(C)C)C1OC1OC(C)C(OC2OCC(O)C(OC3OCC(O)(CO)C3O)C2O)C(O)C1O)OC(=O)C[C@@H](O)C[C@H](OC1OC(CO)C(O)C1O)[C@@H](C)CC. The highest BCUT2D eigenvalue weighted by Gasteiger charge is 2.55. The number of carbonyl (C=O) groups is 2. The van der Waals surface area contributed by atoms with Gasteiger partial charge in [0.1, 0.15) is 78.8 Å². The fraction of sp³-hybridized carbons (Fsp3) is 0.959. The van der Waals surface area contributed by atoms with E-state index in [0.717, 1.165) is 0 Å².